The van der Waals surface area contributed by atoms with E-state index in [1.807, 2.05) is 24.3 Å². The lowest BCUT2D eigenvalue weighted by Crippen LogP contribution is -2.49. The molecule has 29 heavy (non-hydrogen) atoms. The number of benzene rings is 2. The number of nitrogens with zero attached hydrogens (tertiary/aromatic N) is 2. The van der Waals surface area contributed by atoms with Crippen molar-refractivity contribution in [1.82, 2.24) is 10.0 Å². The van der Waals surface area contributed by atoms with Crippen molar-refractivity contribution in [2.24, 2.45) is 11.8 Å². The topological polar surface area (TPSA) is 57.7 Å². The van der Waals surface area contributed by atoms with Crippen LogP contribution in [0.3, 0.4) is 0 Å². The molecule has 1 heterocycles. The van der Waals surface area contributed by atoms with Crippen LogP contribution in [-0.2, 0) is 16.1 Å². The predicted octanol–water partition coefficient (Wildman–Crippen LogP) is 4.84. The minimum absolute atomic E-state index is 0.105. The highest BCUT2D eigenvalue weighted by Gasteiger charge is 2.51. The van der Waals surface area contributed by atoms with Gasteiger partial charge in [-0.3, -0.25) is 14.4 Å². The smallest absolute Gasteiger partial charge is 0.272 e. The fourth-order valence-corrected chi connectivity index (χ4v) is 4.63. The molecular weight excluding hydrogens is 456 g/mol. The summed E-state index contributed by atoms with van der Waals surface area (Å²) in [6, 6.07) is 14.1. The van der Waals surface area contributed by atoms with Gasteiger partial charge in [0.05, 0.1) is 29.0 Å². The molecule has 0 spiro atoms. The molecule has 0 N–H and O–H groups in total. The number of imide groups is 1. The van der Waals surface area contributed by atoms with Crippen LogP contribution in [0.2, 0.25) is 5.02 Å². The van der Waals surface area contributed by atoms with Crippen LogP contribution < -0.4 is 0 Å². The highest BCUT2D eigenvalue weighted by molar-refractivity contribution is 9.10. The second-order valence-electron chi connectivity index (χ2n) is 7.45. The second-order valence-corrected chi connectivity index (χ2v) is 8.78. The fourth-order valence-electron chi connectivity index (χ4n) is 4.15. The predicted molar refractivity (Wildman–Crippen MR) is 113 cm³/mol. The van der Waals surface area contributed by atoms with E-state index in [9.17, 15) is 14.4 Å². The molecule has 2 aromatic carbocycles. The molecule has 2 aliphatic rings. The minimum Gasteiger partial charge on any atom is -0.272 e. The maximum absolute atomic E-state index is 13.4. The third kappa shape index (κ3) is 3.83. The van der Waals surface area contributed by atoms with Gasteiger partial charge in [-0.05, 0) is 42.7 Å². The molecule has 0 aromatic heterocycles. The van der Waals surface area contributed by atoms with Crippen molar-refractivity contribution in [3.05, 3.63) is 69.2 Å². The SMILES string of the molecule is O=C(c1ccccc1Cl)N(Cc1ccc(Br)cc1)N1C(=O)[C@H]2CCCC[C@H]2C1=O. The average Bonchev–Trinajstić information content (AvgIpc) is 2.98. The van der Waals surface area contributed by atoms with Crippen molar-refractivity contribution in [2.45, 2.75) is 32.2 Å². The summed E-state index contributed by atoms with van der Waals surface area (Å²) in [5.41, 5.74) is 1.07. The van der Waals surface area contributed by atoms with Gasteiger partial charge in [0.2, 0.25) is 0 Å². The number of fused-ring (bicyclic) bond motifs is 1. The molecule has 0 bridgehead atoms. The quantitative estimate of drug-likeness (QED) is 0.595. The molecule has 7 heteroatoms. The maximum atomic E-state index is 13.4. The van der Waals surface area contributed by atoms with E-state index in [-0.39, 0.29) is 40.8 Å². The first-order valence-electron chi connectivity index (χ1n) is 9.66. The van der Waals surface area contributed by atoms with Gasteiger partial charge < -0.3 is 0 Å². The van der Waals surface area contributed by atoms with Crippen LogP contribution >= 0.6 is 27.5 Å². The highest BCUT2D eigenvalue weighted by atomic mass is 79.9. The van der Waals surface area contributed by atoms with E-state index in [1.54, 1.807) is 24.3 Å². The first-order valence-corrected chi connectivity index (χ1v) is 10.8. The Morgan fingerprint density at radius 3 is 2.17 bits per heavy atom. The lowest BCUT2D eigenvalue weighted by atomic mass is 9.81. The first kappa shape index (κ1) is 20.1. The third-order valence-corrected chi connectivity index (χ3v) is 6.50. The molecule has 0 radical (unpaired) electrons. The Morgan fingerprint density at radius 1 is 1.00 bits per heavy atom. The summed E-state index contributed by atoms with van der Waals surface area (Å²) in [7, 11) is 0. The number of halogens is 2. The Labute approximate surface area is 182 Å². The maximum Gasteiger partial charge on any atom is 0.274 e. The third-order valence-electron chi connectivity index (χ3n) is 5.64. The van der Waals surface area contributed by atoms with Gasteiger partial charge >= 0.3 is 0 Å². The second kappa shape index (κ2) is 8.28. The van der Waals surface area contributed by atoms with E-state index in [1.165, 1.54) is 5.01 Å². The summed E-state index contributed by atoms with van der Waals surface area (Å²) in [4.78, 5) is 39.7. The Balaban J connectivity index is 1.72. The number of amides is 3. The van der Waals surface area contributed by atoms with Gasteiger partial charge in [0.25, 0.3) is 17.7 Å². The van der Waals surface area contributed by atoms with E-state index in [0.717, 1.165) is 27.9 Å². The van der Waals surface area contributed by atoms with Crippen LogP contribution in [0.4, 0.5) is 0 Å². The number of rotatable bonds is 4. The van der Waals surface area contributed by atoms with Gasteiger partial charge in [-0.1, -0.05) is 64.6 Å². The summed E-state index contributed by atoms with van der Waals surface area (Å²) in [5.74, 6) is -1.68. The van der Waals surface area contributed by atoms with Crippen molar-refractivity contribution in [1.29, 1.82) is 0 Å². The van der Waals surface area contributed by atoms with Crippen LogP contribution in [0.15, 0.2) is 53.0 Å². The lowest BCUT2D eigenvalue weighted by Gasteiger charge is -2.31. The van der Waals surface area contributed by atoms with Gasteiger partial charge in [0.15, 0.2) is 0 Å². The Morgan fingerprint density at radius 2 is 1.59 bits per heavy atom. The van der Waals surface area contributed by atoms with Crippen LogP contribution in [0.1, 0.15) is 41.6 Å². The molecule has 1 aliphatic carbocycles. The van der Waals surface area contributed by atoms with Gasteiger partial charge in [0.1, 0.15) is 0 Å². The first-order chi connectivity index (χ1) is 14.0. The molecule has 0 unspecified atom stereocenters. The molecule has 3 amide bonds. The monoisotopic (exact) mass is 474 g/mol. The van der Waals surface area contributed by atoms with Crippen molar-refractivity contribution in [3.8, 4) is 0 Å². The van der Waals surface area contributed by atoms with Crippen molar-refractivity contribution in [3.63, 3.8) is 0 Å². The molecular formula is C22H20BrClN2O3. The van der Waals surface area contributed by atoms with Gasteiger partial charge in [-0.25, -0.2) is 5.01 Å². The van der Waals surface area contributed by atoms with E-state index in [4.69, 9.17) is 11.6 Å². The van der Waals surface area contributed by atoms with Crippen LogP contribution in [0.5, 0.6) is 0 Å². The largest absolute Gasteiger partial charge is 0.274 e. The zero-order chi connectivity index (χ0) is 20.5. The van der Waals surface area contributed by atoms with Gasteiger partial charge in [-0.2, -0.15) is 5.01 Å². The summed E-state index contributed by atoms with van der Waals surface area (Å²) in [6.07, 6.45) is 3.24. The average molecular weight is 476 g/mol. The van der Waals surface area contributed by atoms with E-state index in [0.29, 0.717) is 12.8 Å². The summed E-state index contributed by atoms with van der Waals surface area (Å²) in [6.45, 7) is 0.105. The molecule has 1 saturated carbocycles. The Hall–Kier alpha value is -2.18. The number of hydrogen-bond donors (Lipinski definition) is 0. The molecule has 2 fully saturated rings. The number of carbonyl (C=O) groups excluding carboxylic acids is 3. The minimum atomic E-state index is -0.459. The molecule has 150 valence electrons. The lowest BCUT2D eigenvalue weighted by molar-refractivity contribution is -0.155. The van der Waals surface area contributed by atoms with Gasteiger partial charge in [0, 0.05) is 4.47 Å². The number of hydrazine groups is 1. The summed E-state index contributed by atoms with van der Waals surface area (Å²) >= 11 is 9.64. The molecule has 2 atom stereocenters. The van der Waals surface area contributed by atoms with E-state index in [2.05, 4.69) is 15.9 Å². The van der Waals surface area contributed by atoms with Crippen molar-refractivity contribution in [2.75, 3.05) is 0 Å². The molecule has 4 rings (SSSR count). The number of hydrogen-bond acceptors (Lipinski definition) is 3. The van der Waals surface area contributed by atoms with E-state index >= 15 is 0 Å². The van der Waals surface area contributed by atoms with E-state index < -0.39 is 5.91 Å². The molecule has 1 aliphatic heterocycles. The van der Waals surface area contributed by atoms with Crippen LogP contribution in [0, 0.1) is 11.8 Å². The molecule has 5 nitrogen and oxygen atoms in total. The van der Waals surface area contributed by atoms with Crippen LogP contribution in [-0.4, -0.2) is 27.7 Å². The van der Waals surface area contributed by atoms with Crippen LogP contribution in [0.25, 0.3) is 0 Å². The fraction of sp³-hybridized carbons (Fsp3) is 0.318. The zero-order valence-electron chi connectivity index (χ0n) is 15.7. The van der Waals surface area contributed by atoms with Gasteiger partial charge in [-0.15, -0.1) is 0 Å². The van der Waals surface area contributed by atoms with Crippen molar-refractivity contribution >= 4 is 45.3 Å². The summed E-state index contributed by atoms with van der Waals surface area (Å²) in [5, 5.41) is 2.62. The molecule has 1 saturated heterocycles. The Bertz CT molecular complexity index is 939. The zero-order valence-corrected chi connectivity index (χ0v) is 18.0. The number of carbonyl (C=O) groups is 3. The Kier molecular flexibility index (Phi) is 5.74. The highest BCUT2D eigenvalue weighted by Crippen LogP contribution is 2.39. The normalized spacial score (nSPS) is 21.2. The molecule has 2 aromatic rings. The summed E-state index contributed by atoms with van der Waals surface area (Å²) < 4.78 is 0.907. The standard InChI is InChI=1S/C22H20BrClN2O3/c23-15-11-9-14(10-12-15)13-25(20(27)18-7-3-4-8-19(18)24)26-21(28)16-5-1-2-6-17(16)22(26)29/h3-4,7-12,16-17H,1-2,5-6,13H2/t16-,17+. The van der Waals surface area contributed by atoms with Crippen molar-refractivity contribution < 1.29 is 14.4 Å².